The van der Waals surface area contributed by atoms with Crippen LogP contribution in [0, 0.1) is 10.1 Å². The van der Waals surface area contributed by atoms with E-state index in [1.54, 1.807) is 0 Å². The number of carbonyl (C=O) groups is 1. The summed E-state index contributed by atoms with van der Waals surface area (Å²) in [5.41, 5.74) is 6.36. The molecule has 0 saturated heterocycles. The fraction of sp³-hybridized carbons (Fsp3) is 0. The molecule has 0 spiro atoms. The largest absolute Gasteiger partial charge is 0.350 e. The quantitative estimate of drug-likeness (QED) is 0.500. The second kappa shape index (κ2) is 5.46. The molecule has 1 rings (SSSR count). The van der Waals surface area contributed by atoms with E-state index >= 15 is 0 Å². The molecule has 1 aromatic carbocycles. The molecule has 1 aromatic rings. The van der Waals surface area contributed by atoms with Crippen LogP contribution in [0.5, 0.6) is 0 Å². The summed E-state index contributed by atoms with van der Waals surface area (Å²) in [4.78, 5) is 20.4. The average Bonchev–Trinajstić information content (AvgIpc) is 2.14. The number of halogens is 2. The Morgan fingerprint density at radius 1 is 1.53 bits per heavy atom. The fourth-order valence-electron chi connectivity index (χ4n) is 1.04. The molecule has 9 heteroatoms. The lowest BCUT2D eigenvalue weighted by Gasteiger charge is -2.00. The van der Waals surface area contributed by atoms with Crippen molar-refractivity contribution >= 4 is 41.1 Å². The van der Waals surface area contributed by atoms with Crippen LogP contribution in [0.1, 0.15) is 5.56 Å². The first-order chi connectivity index (χ1) is 7.91. The lowest BCUT2D eigenvalue weighted by molar-refractivity contribution is -0.384. The third-order valence-corrected chi connectivity index (χ3v) is 2.12. The number of nitrogens with one attached hydrogen (secondary N) is 1. The van der Waals surface area contributed by atoms with Crippen LogP contribution < -0.4 is 11.2 Å². The number of nitrogens with zero attached hydrogens (tertiary/aromatic N) is 2. The standard InChI is InChI=1S/C8H6Cl2N4O3/c9-5-1-4(3-12-13-8(11)15)7(14(16)17)6(10)2-5/h1-3H,(H3,11,13,15). The van der Waals surface area contributed by atoms with Gasteiger partial charge in [0.05, 0.1) is 16.7 Å². The first-order valence-electron chi connectivity index (χ1n) is 4.13. The van der Waals surface area contributed by atoms with Crippen molar-refractivity contribution in [3.05, 3.63) is 37.9 Å². The summed E-state index contributed by atoms with van der Waals surface area (Å²) in [5.74, 6) is 0. The second-order valence-corrected chi connectivity index (χ2v) is 3.66. The van der Waals surface area contributed by atoms with Gasteiger partial charge in [-0.15, -0.1) is 0 Å². The van der Waals surface area contributed by atoms with Crippen molar-refractivity contribution in [1.29, 1.82) is 0 Å². The zero-order valence-corrected chi connectivity index (χ0v) is 9.70. The Morgan fingerprint density at radius 3 is 2.71 bits per heavy atom. The summed E-state index contributed by atoms with van der Waals surface area (Å²) in [7, 11) is 0. The van der Waals surface area contributed by atoms with Crippen molar-refractivity contribution in [3.8, 4) is 0 Å². The predicted molar refractivity (Wildman–Crippen MR) is 63.4 cm³/mol. The number of hydrogen-bond donors (Lipinski definition) is 2. The molecule has 90 valence electrons. The summed E-state index contributed by atoms with van der Waals surface area (Å²) in [6, 6.07) is 1.63. The van der Waals surface area contributed by atoms with Gasteiger partial charge in [-0.1, -0.05) is 23.2 Å². The van der Waals surface area contributed by atoms with Crippen molar-refractivity contribution < 1.29 is 9.72 Å². The Kier molecular flexibility index (Phi) is 4.24. The molecule has 2 amide bonds. The number of benzene rings is 1. The van der Waals surface area contributed by atoms with Crippen LogP contribution in [-0.4, -0.2) is 17.2 Å². The number of hydrazone groups is 1. The first kappa shape index (κ1) is 13.2. The molecular weight excluding hydrogens is 271 g/mol. The van der Waals surface area contributed by atoms with Gasteiger partial charge < -0.3 is 5.73 Å². The minimum Gasteiger partial charge on any atom is -0.350 e. The lowest BCUT2D eigenvalue weighted by atomic mass is 10.2. The van der Waals surface area contributed by atoms with Crippen LogP contribution in [0.25, 0.3) is 0 Å². The predicted octanol–water partition coefficient (Wildman–Crippen LogP) is 1.90. The van der Waals surface area contributed by atoms with Gasteiger partial charge in [-0.25, -0.2) is 10.2 Å². The summed E-state index contributed by atoms with van der Waals surface area (Å²) < 4.78 is 0. The van der Waals surface area contributed by atoms with E-state index in [1.807, 2.05) is 5.43 Å². The zero-order valence-electron chi connectivity index (χ0n) is 8.18. The van der Waals surface area contributed by atoms with Gasteiger partial charge in [-0.2, -0.15) is 5.10 Å². The highest BCUT2D eigenvalue weighted by molar-refractivity contribution is 6.36. The zero-order chi connectivity index (χ0) is 13.0. The Bertz CT molecular complexity index is 504. The summed E-state index contributed by atoms with van der Waals surface area (Å²) in [6.45, 7) is 0. The number of rotatable bonds is 3. The van der Waals surface area contributed by atoms with Gasteiger partial charge in [0.2, 0.25) is 0 Å². The van der Waals surface area contributed by atoms with Crippen molar-refractivity contribution in [2.24, 2.45) is 10.8 Å². The van der Waals surface area contributed by atoms with E-state index in [2.05, 4.69) is 5.10 Å². The van der Waals surface area contributed by atoms with Gasteiger partial charge in [0, 0.05) is 5.02 Å². The average molecular weight is 277 g/mol. The maximum absolute atomic E-state index is 10.8. The molecule has 0 aliphatic carbocycles. The SMILES string of the molecule is NC(=O)NN=Cc1cc(Cl)cc(Cl)c1[N+](=O)[O-]. The van der Waals surface area contributed by atoms with Crippen molar-refractivity contribution in [2.45, 2.75) is 0 Å². The number of nitrogens with two attached hydrogens (primary N) is 1. The molecule has 7 nitrogen and oxygen atoms in total. The molecule has 0 atom stereocenters. The fourth-order valence-corrected chi connectivity index (χ4v) is 1.62. The van der Waals surface area contributed by atoms with Crippen molar-refractivity contribution in [1.82, 2.24) is 5.43 Å². The maximum Gasteiger partial charge on any atom is 0.332 e. The smallest absolute Gasteiger partial charge is 0.332 e. The number of nitro benzene ring substituents is 1. The minimum absolute atomic E-state index is 0.0567. The molecular formula is C8H6Cl2N4O3. The normalized spacial score (nSPS) is 10.5. The highest BCUT2D eigenvalue weighted by atomic mass is 35.5. The Hall–Kier alpha value is -1.86. The molecule has 0 saturated carbocycles. The van der Waals surface area contributed by atoms with Crippen LogP contribution in [0.3, 0.4) is 0 Å². The summed E-state index contributed by atoms with van der Waals surface area (Å²) in [6.07, 6.45) is 1.03. The van der Waals surface area contributed by atoms with E-state index in [0.717, 1.165) is 6.21 Å². The number of primary amides is 1. The van der Waals surface area contributed by atoms with Crippen LogP contribution in [0.4, 0.5) is 10.5 Å². The molecule has 0 fully saturated rings. The van der Waals surface area contributed by atoms with E-state index in [1.165, 1.54) is 12.1 Å². The second-order valence-electron chi connectivity index (χ2n) is 2.82. The van der Waals surface area contributed by atoms with Crippen LogP contribution >= 0.6 is 23.2 Å². The number of carbonyl (C=O) groups excluding carboxylic acids is 1. The topological polar surface area (TPSA) is 111 Å². The minimum atomic E-state index is -0.892. The first-order valence-corrected chi connectivity index (χ1v) is 4.89. The lowest BCUT2D eigenvalue weighted by Crippen LogP contribution is -2.24. The number of nitro groups is 1. The van der Waals surface area contributed by atoms with E-state index in [0.29, 0.717) is 0 Å². The Labute approximate surface area is 105 Å². The van der Waals surface area contributed by atoms with E-state index < -0.39 is 11.0 Å². The molecule has 3 N–H and O–H groups in total. The number of urea groups is 1. The molecule has 0 unspecified atom stereocenters. The highest BCUT2D eigenvalue weighted by Crippen LogP contribution is 2.30. The monoisotopic (exact) mass is 276 g/mol. The van der Waals surface area contributed by atoms with Crippen LogP contribution in [-0.2, 0) is 0 Å². The summed E-state index contributed by atoms with van der Waals surface area (Å²) >= 11 is 11.4. The highest BCUT2D eigenvalue weighted by Gasteiger charge is 2.18. The maximum atomic E-state index is 10.8. The van der Waals surface area contributed by atoms with E-state index in [9.17, 15) is 14.9 Å². The summed E-state index contributed by atoms with van der Waals surface area (Å²) in [5, 5.41) is 14.2. The van der Waals surface area contributed by atoms with Crippen molar-refractivity contribution in [2.75, 3.05) is 0 Å². The molecule has 0 heterocycles. The third kappa shape index (κ3) is 3.58. The third-order valence-electron chi connectivity index (χ3n) is 1.62. The molecule has 0 aromatic heterocycles. The molecule has 0 aliphatic rings. The van der Waals surface area contributed by atoms with Crippen LogP contribution in [0.15, 0.2) is 17.2 Å². The molecule has 0 aliphatic heterocycles. The van der Waals surface area contributed by atoms with Gasteiger partial charge in [-0.05, 0) is 12.1 Å². The Morgan fingerprint density at radius 2 is 2.18 bits per heavy atom. The van der Waals surface area contributed by atoms with E-state index in [-0.39, 0.29) is 21.3 Å². The van der Waals surface area contributed by atoms with Gasteiger partial charge >= 0.3 is 6.03 Å². The van der Waals surface area contributed by atoms with Gasteiger partial charge in [0.15, 0.2) is 0 Å². The molecule has 0 bridgehead atoms. The van der Waals surface area contributed by atoms with Gasteiger partial charge in [0.25, 0.3) is 5.69 Å². The van der Waals surface area contributed by atoms with Gasteiger partial charge in [0.1, 0.15) is 5.02 Å². The Balaban J connectivity index is 3.17. The molecule has 17 heavy (non-hydrogen) atoms. The number of hydrogen-bond acceptors (Lipinski definition) is 4. The molecule has 0 radical (unpaired) electrons. The number of amides is 2. The van der Waals surface area contributed by atoms with Gasteiger partial charge in [-0.3, -0.25) is 10.1 Å². The van der Waals surface area contributed by atoms with Crippen LogP contribution in [0.2, 0.25) is 10.0 Å². The van der Waals surface area contributed by atoms with E-state index in [4.69, 9.17) is 28.9 Å². The van der Waals surface area contributed by atoms with Crippen molar-refractivity contribution in [3.63, 3.8) is 0 Å².